The summed E-state index contributed by atoms with van der Waals surface area (Å²) in [5.41, 5.74) is 1.08. The van der Waals surface area contributed by atoms with E-state index < -0.39 is 17.7 Å². The molecule has 0 aliphatic carbocycles. The predicted octanol–water partition coefficient (Wildman–Crippen LogP) is 4.20. The first-order valence-corrected chi connectivity index (χ1v) is 12.2. The maximum atomic E-state index is 13.3. The topological polar surface area (TPSA) is 103 Å². The lowest BCUT2D eigenvalue weighted by Crippen LogP contribution is -2.31. The molecule has 1 N–H and O–H groups in total. The average Bonchev–Trinajstić information content (AvgIpc) is 3.53. The Balaban J connectivity index is 1.73. The van der Waals surface area contributed by atoms with E-state index in [0.717, 1.165) is 6.42 Å². The Morgan fingerprint density at radius 3 is 2.43 bits per heavy atom. The van der Waals surface area contributed by atoms with Crippen LogP contribution in [0.5, 0.6) is 17.2 Å². The van der Waals surface area contributed by atoms with E-state index in [1.54, 1.807) is 55.0 Å². The number of ketones is 1. The van der Waals surface area contributed by atoms with Gasteiger partial charge in [-0.25, -0.2) is 4.98 Å². The van der Waals surface area contributed by atoms with Crippen molar-refractivity contribution in [3.8, 4) is 17.2 Å². The van der Waals surface area contributed by atoms with Gasteiger partial charge in [0.25, 0.3) is 11.7 Å². The summed E-state index contributed by atoms with van der Waals surface area (Å²) < 4.78 is 18.4. The number of aliphatic hydroxyl groups excluding tert-OH is 1. The van der Waals surface area contributed by atoms with Gasteiger partial charge in [0.2, 0.25) is 0 Å². The second-order valence-electron chi connectivity index (χ2n) is 8.63. The minimum Gasteiger partial charge on any atom is -0.507 e. The van der Waals surface area contributed by atoms with Gasteiger partial charge in [-0.2, -0.15) is 0 Å². The van der Waals surface area contributed by atoms with Crippen LogP contribution in [0.4, 0.5) is 0 Å². The molecule has 2 heterocycles. The van der Waals surface area contributed by atoms with E-state index in [1.807, 2.05) is 17.7 Å². The Hall–Kier alpha value is -4.27. The molecule has 1 aliphatic rings. The number of aryl methyl sites for hydroxylation is 1. The Morgan fingerprint density at radius 2 is 1.78 bits per heavy atom. The van der Waals surface area contributed by atoms with Crippen molar-refractivity contribution in [3.05, 3.63) is 77.9 Å². The van der Waals surface area contributed by atoms with Crippen molar-refractivity contribution in [1.29, 1.82) is 0 Å². The van der Waals surface area contributed by atoms with Crippen LogP contribution in [0.15, 0.2) is 66.8 Å². The number of aliphatic hydroxyl groups is 1. The highest BCUT2D eigenvalue weighted by Gasteiger charge is 2.46. The van der Waals surface area contributed by atoms with Gasteiger partial charge in [0.15, 0.2) is 11.5 Å². The first-order chi connectivity index (χ1) is 18.0. The van der Waals surface area contributed by atoms with E-state index in [0.29, 0.717) is 54.5 Å². The molecule has 0 saturated carbocycles. The van der Waals surface area contributed by atoms with Crippen molar-refractivity contribution < 1.29 is 28.9 Å². The predicted molar refractivity (Wildman–Crippen MR) is 138 cm³/mol. The molecule has 1 unspecified atom stereocenters. The van der Waals surface area contributed by atoms with E-state index in [9.17, 15) is 14.7 Å². The zero-order valence-corrected chi connectivity index (χ0v) is 21.2. The van der Waals surface area contributed by atoms with Gasteiger partial charge in [-0.1, -0.05) is 13.0 Å². The molecule has 1 fully saturated rings. The fourth-order valence-corrected chi connectivity index (χ4v) is 4.41. The zero-order chi connectivity index (χ0) is 26.4. The molecule has 4 rings (SSSR count). The fourth-order valence-electron chi connectivity index (χ4n) is 4.41. The van der Waals surface area contributed by atoms with Gasteiger partial charge in [-0.3, -0.25) is 9.59 Å². The molecule has 3 aromatic rings. The van der Waals surface area contributed by atoms with Crippen molar-refractivity contribution in [1.82, 2.24) is 14.5 Å². The highest BCUT2D eigenvalue weighted by atomic mass is 16.5. The van der Waals surface area contributed by atoms with Crippen molar-refractivity contribution in [2.24, 2.45) is 0 Å². The van der Waals surface area contributed by atoms with Gasteiger partial charge in [0.05, 0.1) is 38.8 Å². The summed E-state index contributed by atoms with van der Waals surface area (Å²) in [6, 6.07) is 11.3. The molecule has 9 nitrogen and oxygen atoms in total. The smallest absolute Gasteiger partial charge is 0.295 e. The van der Waals surface area contributed by atoms with Crippen LogP contribution in [0.1, 0.15) is 36.9 Å². The number of Topliss-reactive ketones (excluding diaryl/α,β-unsaturated/α-hetero) is 1. The van der Waals surface area contributed by atoms with Crippen molar-refractivity contribution in [3.63, 3.8) is 0 Å². The number of hydrogen-bond acceptors (Lipinski definition) is 7. The molecular formula is C28H31N3O6. The van der Waals surface area contributed by atoms with Gasteiger partial charge < -0.3 is 28.8 Å². The number of amides is 1. The lowest BCUT2D eigenvalue weighted by Gasteiger charge is -2.26. The molecule has 194 valence electrons. The fraction of sp³-hybridized carbons (Fsp3) is 0.321. The summed E-state index contributed by atoms with van der Waals surface area (Å²) in [6.07, 6.45) is 6.70. The van der Waals surface area contributed by atoms with Crippen LogP contribution >= 0.6 is 0 Å². The third-order valence-electron chi connectivity index (χ3n) is 6.24. The number of carbonyl (C=O) groups is 2. The van der Waals surface area contributed by atoms with Gasteiger partial charge in [-0.05, 0) is 54.8 Å². The van der Waals surface area contributed by atoms with Crippen LogP contribution in [0.3, 0.4) is 0 Å². The number of aromatic nitrogens is 2. The molecule has 1 aromatic heterocycles. The number of methoxy groups -OCH3 is 2. The highest BCUT2D eigenvalue weighted by molar-refractivity contribution is 6.46. The molecule has 37 heavy (non-hydrogen) atoms. The van der Waals surface area contributed by atoms with Gasteiger partial charge in [0, 0.05) is 31.0 Å². The monoisotopic (exact) mass is 505 g/mol. The van der Waals surface area contributed by atoms with Crippen molar-refractivity contribution >= 4 is 17.4 Å². The van der Waals surface area contributed by atoms with E-state index in [4.69, 9.17) is 14.2 Å². The second-order valence-corrected chi connectivity index (χ2v) is 8.63. The molecule has 9 heteroatoms. The average molecular weight is 506 g/mol. The number of likely N-dealkylation sites (tertiary alicyclic amines) is 1. The first-order valence-electron chi connectivity index (χ1n) is 12.2. The van der Waals surface area contributed by atoms with E-state index in [2.05, 4.69) is 4.98 Å². The third kappa shape index (κ3) is 5.45. The highest BCUT2D eigenvalue weighted by Crippen LogP contribution is 2.42. The lowest BCUT2D eigenvalue weighted by atomic mass is 9.95. The molecule has 0 spiro atoms. The van der Waals surface area contributed by atoms with Gasteiger partial charge in [0.1, 0.15) is 11.5 Å². The van der Waals surface area contributed by atoms with Crippen LogP contribution in [-0.4, -0.2) is 58.6 Å². The van der Waals surface area contributed by atoms with Gasteiger partial charge >= 0.3 is 0 Å². The molecule has 1 atom stereocenters. The Kier molecular flexibility index (Phi) is 8.12. The molecule has 1 aliphatic heterocycles. The second kappa shape index (κ2) is 11.6. The molecule has 2 aromatic carbocycles. The molecule has 1 amide bonds. The number of ether oxygens (including phenoxy) is 3. The summed E-state index contributed by atoms with van der Waals surface area (Å²) in [7, 11) is 3.06. The molecule has 0 bridgehead atoms. The number of benzene rings is 2. The van der Waals surface area contributed by atoms with Crippen LogP contribution in [0.2, 0.25) is 0 Å². The Bertz CT molecular complexity index is 1270. The van der Waals surface area contributed by atoms with E-state index >= 15 is 0 Å². The normalized spacial score (nSPS) is 16.7. The van der Waals surface area contributed by atoms with Crippen molar-refractivity contribution in [2.45, 2.75) is 32.4 Å². The maximum Gasteiger partial charge on any atom is 0.295 e. The van der Waals surface area contributed by atoms with Crippen molar-refractivity contribution in [2.75, 3.05) is 27.4 Å². The first kappa shape index (κ1) is 25.8. The number of hydrogen-bond donors (Lipinski definition) is 1. The Morgan fingerprint density at radius 1 is 1.03 bits per heavy atom. The quantitative estimate of drug-likeness (QED) is 0.237. The van der Waals surface area contributed by atoms with Crippen LogP contribution in [0.25, 0.3) is 5.76 Å². The number of nitrogens with zero attached hydrogens (tertiary/aromatic N) is 3. The molecule has 1 saturated heterocycles. The van der Waals surface area contributed by atoms with E-state index in [-0.39, 0.29) is 11.3 Å². The maximum absolute atomic E-state index is 13.3. The summed E-state index contributed by atoms with van der Waals surface area (Å²) in [4.78, 5) is 32.0. The van der Waals surface area contributed by atoms with Gasteiger partial charge in [-0.15, -0.1) is 0 Å². The molecule has 0 radical (unpaired) electrons. The number of carbonyl (C=O) groups excluding carboxylic acids is 2. The summed E-state index contributed by atoms with van der Waals surface area (Å²) in [5, 5.41) is 11.3. The van der Waals surface area contributed by atoms with Crippen LogP contribution in [-0.2, 0) is 16.1 Å². The Labute approximate surface area is 215 Å². The number of rotatable bonds is 11. The lowest BCUT2D eigenvalue weighted by molar-refractivity contribution is -0.139. The van der Waals surface area contributed by atoms with Crippen LogP contribution < -0.4 is 14.2 Å². The summed E-state index contributed by atoms with van der Waals surface area (Å²) in [6.45, 7) is 3.53. The largest absolute Gasteiger partial charge is 0.507 e. The SMILES string of the molecule is CCCOc1ccc(C(O)=C2C(=O)C(=O)N(CCCn3ccnc3)C2c2ccc(OC)c(OC)c2)cc1. The minimum absolute atomic E-state index is 0.0297. The standard InChI is InChI=1S/C28H31N3O6/c1-4-16-37-21-9-6-19(7-10-21)26(32)24-25(20-8-11-22(35-2)23(17-20)36-3)31(28(34)27(24)33)14-5-13-30-15-12-29-18-30/h6-12,15,17-18,25,32H,4-5,13-14,16H2,1-3H3. The third-order valence-corrected chi connectivity index (χ3v) is 6.24. The minimum atomic E-state index is -0.793. The summed E-state index contributed by atoms with van der Waals surface area (Å²) >= 11 is 0. The zero-order valence-electron chi connectivity index (χ0n) is 21.2. The van der Waals surface area contributed by atoms with E-state index in [1.165, 1.54) is 19.1 Å². The number of imidazole rings is 1. The molecular weight excluding hydrogens is 474 g/mol. The summed E-state index contributed by atoms with van der Waals surface area (Å²) in [5.74, 6) is 0.0144. The van der Waals surface area contributed by atoms with Crippen LogP contribution in [0, 0.1) is 0 Å².